The molecule has 1 heteroatoms. The maximum atomic E-state index is 5.71. The van der Waals surface area contributed by atoms with Crippen LogP contribution in [-0.2, 0) is 6.42 Å². The van der Waals surface area contributed by atoms with Crippen molar-refractivity contribution in [3.63, 3.8) is 0 Å². The molecule has 2 aromatic rings. The predicted octanol–water partition coefficient (Wildman–Crippen LogP) is 5.77. The summed E-state index contributed by atoms with van der Waals surface area (Å²) in [7, 11) is 0. The molecule has 2 rings (SSSR count). The number of rotatable bonds is 7. The maximum Gasteiger partial charge on any atom is 0.119 e. The van der Waals surface area contributed by atoms with Crippen molar-refractivity contribution in [2.75, 3.05) is 6.61 Å². The summed E-state index contributed by atoms with van der Waals surface area (Å²) in [6.45, 7) is 5.05. The van der Waals surface area contributed by atoms with Crippen molar-refractivity contribution < 1.29 is 4.74 Å². The lowest BCUT2D eigenvalue weighted by atomic mass is 10.1. The van der Waals surface area contributed by atoms with Gasteiger partial charge in [-0.25, -0.2) is 0 Å². The van der Waals surface area contributed by atoms with Gasteiger partial charge in [0.2, 0.25) is 0 Å². The summed E-state index contributed by atoms with van der Waals surface area (Å²) in [5, 5.41) is 0. The highest BCUT2D eigenvalue weighted by molar-refractivity contribution is 5.44. The van der Waals surface area contributed by atoms with E-state index in [0.717, 1.165) is 36.1 Å². The van der Waals surface area contributed by atoms with E-state index in [1.807, 2.05) is 24.3 Å². The highest BCUT2D eigenvalue weighted by atomic mass is 16.5. The van der Waals surface area contributed by atoms with Gasteiger partial charge in [-0.1, -0.05) is 56.4 Å². The minimum atomic E-state index is 0.714. The van der Waals surface area contributed by atoms with Gasteiger partial charge in [-0.15, -0.1) is 0 Å². The first-order valence-corrected chi connectivity index (χ1v) is 8.80. The largest absolute Gasteiger partial charge is 0.493 e. The molecule has 0 amide bonds. The fraction of sp³-hybridized carbons (Fsp3) is 0.304. The van der Waals surface area contributed by atoms with Crippen LogP contribution in [0.3, 0.4) is 0 Å². The Balaban J connectivity index is 1.88. The number of aryl methyl sites for hydroxylation is 1. The summed E-state index contributed by atoms with van der Waals surface area (Å²) in [6, 6.07) is 16.5. The average Bonchev–Trinajstić information content (AvgIpc) is 2.62. The summed E-state index contributed by atoms with van der Waals surface area (Å²) in [6.07, 6.45) is 8.65. The highest BCUT2D eigenvalue weighted by Gasteiger charge is 1.94. The quantitative estimate of drug-likeness (QED) is 0.357. The van der Waals surface area contributed by atoms with Gasteiger partial charge in [-0.2, -0.15) is 0 Å². The van der Waals surface area contributed by atoms with Crippen LogP contribution >= 0.6 is 0 Å². The fourth-order valence-corrected chi connectivity index (χ4v) is 2.35. The normalized spacial score (nSPS) is 10.4. The minimum Gasteiger partial charge on any atom is -0.493 e. The van der Waals surface area contributed by atoms with Crippen LogP contribution in [0, 0.1) is 11.8 Å². The van der Waals surface area contributed by atoms with Crippen LogP contribution in [0.15, 0.2) is 60.7 Å². The Kier molecular flexibility index (Phi) is 7.71. The topological polar surface area (TPSA) is 9.23 Å². The Morgan fingerprint density at radius 3 is 2.04 bits per heavy atom. The summed E-state index contributed by atoms with van der Waals surface area (Å²) in [4.78, 5) is 0. The Hall–Kier alpha value is -2.46. The smallest absolute Gasteiger partial charge is 0.119 e. The van der Waals surface area contributed by atoms with Gasteiger partial charge in [0.1, 0.15) is 5.75 Å². The molecule has 0 fully saturated rings. The van der Waals surface area contributed by atoms with Crippen LogP contribution < -0.4 is 4.74 Å². The Morgan fingerprint density at radius 2 is 1.46 bits per heavy atom. The monoisotopic (exact) mass is 318 g/mol. The summed E-state index contributed by atoms with van der Waals surface area (Å²) >= 11 is 0. The van der Waals surface area contributed by atoms with Crippen molar-refractivity contribution in [1.29, 1.82) is 0 Å². The second-order valence-corrected chi connectivity index (χ2v) is 5.74. The van der Waals surface area contributed by atoms with Gasteiger partial charge in [0.05, 0.1) is 6.61 Å². The van der Waals surface area contributed by atoms with Gasteiger partial charge >= 0.3 is 0 Å². The first-order chi connectivity index (χ1) is 11.8. The summed E-state index contributed by atoms with van der Waals surface area (Å²) in [5.41, 5.74) is 3.43. The summed E-state index contributed by atoms with van der Waals surface area (Å²) < 4.78 is 5.71. The van der Waals surface area contributed by atoms with E-state index in [1.54, 1.807) is 0 Å². The second-order valence-electron chi connectivity index (χ2n) is 5.74. The molecule has 24 heavy (non-hydrogen) atoms. The van der Waals surface area contributed by atoms with Crippen LogP contribution in [0.1, 0.15) is 49.8 Å². The van der Waals surface area contributed by atoms with Crippen LogP contribution in [0.25, 0.3) is 0 Å². The molecule has 0 atom stereocenters. The van der Waals surface area contributed by atoms with E-state index in [9.17, 15) is 0 Å². The molecule has 0 saturated heterocycles. The Morgan fingerprint density at radius 1 is 0.833 bits per heavy atom. The van der Waals surface area contributed by atoms with Crippen LogP contribution in [-0.4, -0.2) is 6.61 Å². The first kappa shape index (κ1) is 17.9. The van der Waals surface area contributed by atoms with Gasteiger partial charge in [-0.05, 0) is 61.2 Å². The molecular weight excluding hydrogens is 292 g/mol. The van der Waals surface area contributed by atoms with Gasteiger partial charge < -0.3 is 4.74 Å². The highest BCUT2D eigenvalue weighted by Crippen LogP contribution is 2.12. The van der Waals surface area contributed by atoms with E-state index in [2.05, 4.69) is 62.1 Å². The molecule has 2 aromatic carbocycles. The van der Waals surface area contributed by atoms with Crippen molar-refractivity contribution >= 4 is 0 Å². The van der Waals surface area contributed by atoms with Gasteiger partial charge in [0.15, 0.2) is 0 Å². The third-order valence-corrected chi connectivity index (χ3v) is 3.65. The van der Waals surface area contributed by atoms with Crippen LogP contribution in [0.4, 0.5) is 0 Å². The number of allylic oxidation sites excluding steroid dienone is 1. The molecule has 0 unspecified atom stereocenters. The first-order valence-electron chi connectivity index (χ1n) is 8.80. The van der Waals surface area contributed by atoms with Gasteiger partial charge in [0, 0.05) is 11.1 Å². The second kappa shape index (κ2) is 10.3. The molecule has 0 radical (unpaired) electrons. The average molecular weight is 318 g/mol. The molecule has 0 aliphatic carbocycles. The third-order valence-electron chi connectivity index (χ3n) is 3.65. The zero-order chi connectivity index (χ0) is 17.0. The molecule has 0 bridgehead atoms. The number of hydrogen-bond donors (Lipinski definition) is 0. The van der Waals surface area contributed by atoms with E-state index in [1.165, 1.54) is 12.0 Å². The number of hydrogen-bond acceptors (Lipinski definition) is 1. The van der Waals surface area contributed by atoms with E-state index < -0.39 is 0 Å². The molecule has 0 aromatic heterocycles. The van der Waals surface area contributed by atoms with Crippen molar-refractivity contribution in [3.05, 3.63) is 77.4 Å². The standard InChI is InChI=1S/C23H26O/c1-3-5-6-7-19-24-23-17-15-22(16-18-23)14-13-21-11-9-20(8-4-2)10-12-21/h5-6,9-12,15-18H,3-4,7-8,19H2,1-2H3/b6-5-. The molecular formula is C23H26O. The van der Waals surface area contributed by atoms with Crippen LogP contribution in [0.5, 0.6) is 5.75 Å². The third kappa shape index (κ3) is 6.34. The van der Waals surface area contributed by atoms with E-state index in [0.29, 0.717) is 6.61 Å². The molecule has 0 spiro atoms. The molecule has 0 N–H and O–H groups in total. The SMILES string of the molecule is CC/C=C\CCOc1ccc(C#Cc2ccc(CCC)cc2)cc1. The van der Waals surface area contributed by atoms with Crippen molar-refractivity contribution in [2.45, 2.75) is 39.5 Å². The number of benzene rings is 2. The van der Waals surface area contributed by atoms with Gasteiger partial charge in [0.25, 0.3) is 0 Å². The van der Waals surface area contributed by atoms with Gasteiger partial charge in [-0.3, -0.25) is 0 Å². The molecule has 0 saturated carbocycles. The molecule has 0 aliphatic rings. The molecule has 0 heterocycles. The Bertz CT molecular complexity index is 682. The lowest BCUT2D eigenvalue weighted by molar-refractivity contribution is 0.325. The van der Waals surface area contributed by atoms with Crippen molar-refractivity contribution in [2.24, 2.45) is 0 Å². The summed E-state index contributed by atoms with van der Waals surface area (Å²) in [5.74, 6) is 7.32. The van der Waals surface area contributed by atoms with Crippen molar-refractivity contribution in [3.8, 4) is 17.6 Å². The van der Waals surface area contributed by atoms with Crippen LogP contribution in [0.2, 0.25) is 0 Å². The zero-order valence-electron chi connectivity index (χ0n) is 14.7. The predicted molar refractivity (Wildman–Crippen MR) is 102 cm³/mol. The molecule has 0 aliphatic heterocycles. The zero-order valence-corrected chi connectivity index (χ0v) is 14.7. The van der Waals surface area contributed by atoms with E-state index in [-0.39, 0.29) is 0 Å². The molecule has 124 valence electrons. The fourth-order valence-electron chi connectivity index (χ4n) is 2.35. The minimum absolute atomic E-state index is 0.714. The number of ether oxygens (including phenoxy) is 1. The Labute approximate surface area is 146 Å². The van der Waals surface area contributed by atoms with Crippen molar-refractivity contribution in [1.82, 2.24) is 0 Å². The lowest BCUT2D eigenvalue weighted by Crippen LogP contribution is -1.95. The lowest BCUT2D eigenvalue weighted by Gasteiger charge is -2.03. The molecule has 1 nitrogen and oxygen atoms in total. The van der Waals surface area contributed by atoms with E-state index in [4.69, 9.17) is 4.74 Å². The van der Waals surface area contributed by atoms with E-state index >= 15 is 0 Å². The maximum absolute atomic E-state index is 5.71.